The minimum absolute atomic E-state index is 0.0225. The van der Waals surface area contributed by atoms with Crippen LogP contribution in [-0.4, -0.2) is 70.9 Å². The Morgan fingerprint density at radius 1 is 0.977 bits per heavy atom. The SMILES string of the molecule is COc1ccc2c(c1OC)C(=O)N1c3ccccc3C(=O)N(CCC(=O)N3C[C@H]4C[C@@H](C3)c3ccc([N+](=O)[O-])c(=O)n3C4)[C@H]21. The molecule has 1 saturated heterocycles. The van der Waals surface area contributed by atoms with Gasteiger partial charge in [0.1, 0.15) is 6.17 Å². The van der Waals surface area contributed by atoms with Crippen LogP contribution in [-0.2, 0) is 11.3 Å². The molecule has 1 aromatic heterocycles. The molecule has 2 aromatic carbocycles. The summed E-state index contributed by atoms with van der Waals surface area (Å²) in [6.45, 7) is 1.16. The third-order valence-electron chi connectivity index (χ3n) is 9.18. The second kappa shape index (κ2) is 10.2. The number of nitro groups is 1. The van der Waals surface area contributed by atoms with Gasteiger partial charge < -0.3 is 23.8 Å². The zero-order valence-corrected chi connectivity index (χ0v) is 24.1. The van der Waals surface area contributed by atoms with Gasteiger partial charge in [-0.15, -0.1) is 0 Å². The molecule has 0 radical (unpaired) electrons. The van der Waals surface area contributed by atoms with Crippen molar-refractivity contribution >= 4 is 29.1 Å². The molecule has 3 aromatic rings. The maximum atomic E-state index is 13.9. The quantitative estimate of drug-likeness (QED) is 0.311. The Bertz CT molecular complexity index is 1820. The predicted octanol–water partition coefficient (Wildman–Crippen LogP) is 2.92. The second-order valence-corrected chi connectivity index (χ2v) is 11.5. The standard InChI is InChI=1S/C31H29N5O8/c1-43-24-10-7-20-26(27(24)44-2)31(40)35-22-6-4-3-5-19(22)29(38)33(28(20)35)12-11-25(37)32-14-17-13-18(16-32)21-8-9-23(36(41)42)30(39)34(21)15-17/h3-10,17-18,28H,11-16H2,1-2H3/t17-,18+,28+/m1/s1. The zero-order valence-electron chi connectivity index (χ0n) is 24.1. The summed E-state index contributed by atoms with van der Waals surface area (Å²) < 4.78 is 12.5. The second-order valence-electron chi connectivity index (χ2n) is 11.5. The van der Waals surface area contributed by atoms with Crippen molar-refractivity contribution < 1.29 is 28.8 Å². The lowest BCUT2D eigenvalue weighted by molar-refractivity contribution is -0.386. The third kappa shape index (κ3) is 3.98. The van der Waals surface area contributed by atoms with E-state index in [-0.39, 0.29) is 48.3 Å². The first-order valence-corrected chi connectivity index (χ1v) is 14.4. The minimum Gasteiger partial charge on any atom is -0.493 e. The molecule has 0 spiro atoms. The van der Waals surface area contributed by atoms with Gasteiger partial charge in [0.15, 0.2) is 11.5 Å². The summed E-state index contributed by atoms with van der Waals surface area (Å²) in [5, 5.41) is 11.3. The van der Waals surface area contributed by atoms with Crippen molar-refractivity contribution in [1.29, 1.82) is 0 Å². The van der Waals surface area contributed by atoms with Gasteiger partial charge >= 0.3 is 11.2 Å². The number of piperidine rings is 1. The molecule has 7 rings (SSSR count). The number of amides is 3. The Morgan fingerprint density at radius 2 is 1.77 bits per heavy atom. The number of carbonyl (C=O) groups is 3. The maximum absolute atomic E-state index is 13.9. The minimum atomic E-state index is -0.761. The molecular formula is C31H29N5O8. The van der Waals surface area contributed by atoms with E-state index in [2.05, 4.69) is 0 Å². The first kappa shape index (κ1) is 27.6. The van der Waals surface area contributed by atoms with Crippen molar-refractivity contribution in [3.05, 3.63) is 91.4 Å². The van der Waals surface area contributed by atoms with Crippen LogP contribution >= 0.6 is 0 Å². The maximum Gasteiger partial charge on any atom is 0.334 e. The number of likely N-dealkylation sites (tertiary alicyclic amines) is 1. The molecule has 226 valence electrons. The van der Waals surface area contributed by atoms with Crippen molar-refractivity contribution in [1.82, 2.24) is 14.4 Å². The van der Waals surface area contributed by atoms with Crippen LogP contribution in [0.5, 0.6) is 11.5 Å². The van der Waals surface area contributed by atoms with Crippen LogP contribution in [0.3, 0.4) is 0 Å². The molecule has 0 N–H and O–H groups in total. The number of nitrogens with zero attached hydrogens (tertiary/aromatic N) is 5. The van der Waals surface area contributed by atoms with E-state index in [1.165, 1.54) is 24.9 Å². The van der Waals surface area contributed by atoms with E-state index in [9.17, 15) is 29.3 Å². The Morgan fingerprint density at radius 3 is 2.52 bits per heavy atom. The van der Waals surface area contributed by atoms with Crippen LogP contribution in [0.1, 0.15) is 56.9 Å². The average molecular weight is 600 g/mol. The number of hydrogen-bond acceptors (Lipinski definition) is 8. The summed E-state index contributed by atoms with van der Waals surface area (Å²) in [6.07, 6.45) is 0.0494. The lowest BCUT2D eigenvalue weighted by Crippen LogP contribution is -2.51. The van der Waals surface area contributed by atoms with Crippen LogP contribution in [0.15, 0.2) is 53.3 Å². The molecule has 0 saturated carbocycles. The highest BCUT2D eigenvalue weighted by atomic mass is 16.6. The largest absolute Gasteiger partial charge is 0.493 e. The number of ether oxygens (including phenoxy) is 2. The lowest BCUT2D eigenvalue weighted by atomic mass is 9.83. The summed E-state index contributed by atoms with van der Waals surface area (Å²) in [7, 11) is 2.95. The lowest BCUT2D eigenvalue weighted by Gasteiger charge is -2.43. The zero-order chi connectivity index (χ0) is 30.9. The Labute approximate surface area is 251 Å². The van der Waals surface area contributed by atoms with Crippen molar-refractivity contribution in [2.45, 2.75) is 31.5 Å². The van der Waals surface area contributed by atoms with Gasteiger partial charge in [-0.25, -0.2) is 0 Å². The number of pyridine rings is 1. The molecule has 3 amide bonds. The van der Waals surface area contributed by atoms with Crippen molar-refractivity contribution in [2.24, 2.45) is 5.92 Å². The summed E-state index contributed by atoms with van der Waals surface area (Å²) in [5.74, 6) is -0.214. The van der Waals surface area contributed by atoms with Gasteiger partial charge in [-0.05, 0) is 36.6 Å². The molecule has 4 aliphatic rings. The topological polar surface area (TPSA) is 145 Å². The van der Waals surface area contributed by atoms with Gasteiger partial charge in [-0.1, -0.05) is 18.2 Å². The Balaban J connectivity index is 1.16. The summed E-state index contributed by atoms with van der Waals surface area (Å²) >= 11 is 0. The number of rotatable bonds is 6. The predicted molar refractivity (Wildman–Crippen MR) is 156 cm³/mol. The molecule has 5 heterocycles. The van der Waals surface area contributed by atoms with Crippen LogP contribution in [0.4, 0.5) is 11.4 Å². The van der Waals surface area contributed by atoms with E-state index in [1.807, 2.05) is 0 Å². The van der Waals surface area contributed by atoms with Crippen molar-refractivity contribution in [2.75, 3.05) is 38.8 Å². The highest BCUT2D eigenvalue weighted by Gasteiger charge is 2.50. The van der Waals surface area contributed by atoms with E-state index in [0.717, 1.165) is 6.42 Å². The smallest absolute Gasteiger partial charge is 0.334 e. The number of methoxy groups -OCH3 is 2. The summed E-state index contributed by atoms with van der Waals surface area (Å²) in [6, 6.07) is 13.2. The van der Waals surface area contributed by atoms with E-state index < -0.39 is 22.3 Å². The molecular weight excluding hydrogens is 570 g/mol. The molecule has 13 heteroatoms. The number of aromatic nitrogens is 1. The van der Waals surface area contributed by atoms with Crippen LogP contribution < -0.4 is 19.9 Å². The number of anilines is 1. The Hall–Kier alpha value is -5.20. The molecule has 4 aliphatic heterocycles. The molecule has 3 atom stereocenters. The van der Waals surface area contributed by atoms with Crippen LogP contribution in [0, 0.1) is 16.0 Å². The van der Waals surface area contributed by atoms with Gasteiger partial charge in [-0.2, -0.15) is 0 Å². The average Bonchev–Trinajstić information content (AvgIpc) is 3.32. The third-order valence-corrected chi connectivity index (χ3v) is 9.18. The molecule has 13 nitrogen and oxygen atoms in total. The van der Waals surface area contributed by atoms with Gasteiger partial charge in [0.05, 0.1) is 36.0 Å². The number of carbonyl (C=O) groups excluding carboxylic acids is 3. The van der Waals surface area contributed by atoms with Gasteiger partial charge in [-0.3, -0.25) is 34.2 Å². The molecule has 2 bridgehead atoms. The van der Waals surface area contributed by atoms with Crippen molar-refractivity contribution in [3.63, 3.8) is 0 Å². The fourth-order valence-electron chi connectivity index (χ4n) is 7.30. The van der Waals surface area contributed by atoms with Gasteiger partial charge in [0.25, 0.3) is 11.8 Å². The number of hydrogen-bond donors (Lipinski definition) is 0. The van der Waals surface area contributed by atoms with E-state index in [1.54, 1.807) is 57.2 Å². The fourth-order valence-corrected chi connectivity index (χ4v) is 7.30. The van der Waals surface area contributed by atoms with Gasteiger partial charge in [0, 0.05) is 55.8 Å². The van der Waals surface area contributed by atoms with Crippen molar-refractivity contribution in [3.8, 4) is 11.5 Å². The normalized spacial score (nSPS) is 21.3. The Kier molecular flexibility index (Phi) is 6.41. The fraction of sp³-hybridized carbons (Fsp3) is 0.355. The number of fused-ring (bicyclic) bond motifs is 9. The van der Waals surface area contributed by atoms with Gasteiger partial charge in [0.2, 0.25) is 5.91 Å². The highest BCUT2D eigenvalue weighted by molar-refractivity contribution is 6.18. The van der Waals surface area contributed by atoms with Crippen LogP contribution in [0.2, 0.25) is 0 Å². The van der Waals surface area contributed by atoms with E-state index in [0.29, 0.717) is 53.5 Å². The summed E-state index contributed by atoms with van der Waals surface area (Å²) in [4.78, 5) is 69.7. The molecule has 0 unspecified atom stereocenters. The first-order chi connectivity index (χ1) is 21.2. The van der Waals surface area contributed by atoms with E-state index >= 15 is 0 Å². The van der Waals surface area contributed by atoms with E-state index in [4.69, 9.17) is 9.47 Å². The summed E-state index contributed by atoms with van der Waals surface area (Å²) in [5.41, 5.74) is 1.39. The first-order valence-electron chi connectivity index (χ1n) is 14.4. The molecule has 0 aliphatic carbocycles. The molecule has 1 fully saturated rings. The molecule has 44 heavy (non-hydrogen) atoms. The number of para-hydroxylation sites is 1. The monoisotopic (exact) mass is 599 g/mol. The van der Waals surface area contributed by atoms with Crippen LogP contribution in [0.25, 0.3) is 0 Å². The highest BCUT2D eigenvalue weighted by Crippen LogP contribution is 2.49. The number of benzene rings is 2.